The maximum atomic E-state index is 12.3. The second-order valence-corrected chi connectivity index (χ2v) is 5.74. The van der Waals surface area contributed by atoms with Crippen LogP contribution in [0, 0.1) is 0 Å². The fraction of sp³-hybridized carbons (Fsp3) is 0.167. The van der Waals surface area contributed by atoms with E-state index in [4.69, 9.17) is 0 Å². The van der Waals surface area contributed by atoms with Gasteiger partial charge in [0.25, 0.3) is 11.8 Å². The minimum Gasteiger partial charge on any atom is -0.274 e. The Morgan fingerprint density at radius 1 is 0.800 bits per heavy atom. The van der Waals surface area contributed by atoms with Crippen LogP contribution in [0.4, 0.5) is 0 Å². The van der Waals surface area contributed by atoms with Crippen LogP contribution in [0.5, 0.6) is 0 Å². The van der Waals surface area contributed by atoms with Gasteiger partial charge >= 0.3 is 0 Å². The van der Waals surface area contributed by atoms with Crippen LogP contribution in [0.15, 0.2) is 54.6 Å². The van der Waals surface area contributed by atoms with Gasteiger partial charge in [-0.25, -0.2) is 0 Å². The molecular weight excluding hydrogens is 318 g/mol. The SMILES string of the molecule is O=C1c2ccccc2C(=O)N1CCCn1nnc(-c2ccccc2)n1. The highest BCUT2D eigenvalue weighted by molar-refractivity contribution is 6.21. The van der Waals surface area contributed by atoms with E-state index in [-0.39, 0.29) is 11.8 Å². The van der Waals surface area contributed by atoms with Crippen molar-refractivity contribution in [1.82, 2.24) is 25.1 Å². The highest BCUT2D eigenvalue weighted by Crippen LogP contribution is 2.22. The summed E-state index contributed by atoms with van der Waals surface area (Å²) in [6, 6.07) is 16.5. The summed E-state index contributed by atoms with van der Waals surface area (Å²) >= 11 is 0. The highest BCUT2D eigenvalue weighted by atomic mass is 16.2. The monoisotopic (exact) mass is 333 g/mol. The van der Waals surface area contributed by atoms with E-state index in [0.29, 0.717) is 36.5 Å². The molecule has 1 aliphatic heterocycles. The number of imide groups is 1. The number of carbonyl (C=O) groups excluding carboxylic acids is 2. The number of aryl methyl sites for hydroxylation is 1. The third kappa shape index (κ3) is 2.80. The van der Waals surface area contributed by atoms with Crippen molar-refractivity contribution in [2.75, 3.05) is 6.54 Å². The maximum Gasteiger partial charge on any atom is 0.261 e. The minimum absolute atomic E-state index is 0.239. The summed E-state index contributed by atoms with van der Waals surface area (Å²) in [5.74, 6) is 0.0792. The molecule has 0 radical (unpaired) electrons. The fourth-order valence-electron chi connectivity index (χ4n) is 2.85. The van der Waals surface area contributed by atoms with Gasteiger partial charge in [-0.2, -0.15) is 4.80 Å². The first-order chi connectivity index (χ1) is 12.2. The molecule has 0 atom stereocenters. The van der Waals surface area contributed by atoms with E-state index >= 15 is 0 Å². The van der Waals surface area contributed by atoms with Crippen molar-refractivity contribution in [3.05, 3.63) is 65.7 Å². The second-order valence-electron chi connectivity index (χ2n) is 5.74. The number of benzene rings is 2. The van der Waals surface area contributed by atoms with Crippen molar-refractivity contribution >= 4 is 11.8 Å². The van der Waals surface area contributed by atoms with E-state index in [2.05, 4.69) is 15.4 Å². The van der Waals surface area contributed by atoms with Crippen LogP contribution in [-0.4, -0.2) is 43.5 Å². The molecule has 3 aromatic rings. The van der Waals surface area contributed by atoms with E-state index in [9.17, 15) is 9.59 Å². The Morgan fingerprint density at radius 2 is 1.44 bits per heavy atom. The summed E-state index contributed by atoms with van der Waals surface area (Å²) in [6.07, 6.45) is 0.566. The van der Waals surface area contributed by atoms with Crippen LogP contribution in [0.3, 0.4) is 0 Å². The van der Waals surface area contributed by atoms with Crippen molar-refractivity contribution < 1.29 is 9.59 Å². The number of hydrogen-bond acceptors (Lipinski definition) is 5. The lowest BCUT2D eigenvalue weighted by Crippen LogP contribution is -2.31. The standard InChI is InChI=1S/C18H15N5O2/c24-17-14-9-4-5-10-15(14)18(25)22(17)11-6-12-23-20-16(19-21-23)13-7-2-1-3-8-13/h1-5,7-10H,6,11-12H2. The van der Waals surface area contributed by atoms with Gasteiger partial charge in [0.15, 0.2) is 0 Å². The molecule has 2 amide bonds. The Hall–Kier alpha value is -3.35. The van der Waals surface area contributed by atoms with Gasteiger partial charge in [-0.05, 0) is 23.8 Å². The number of aromatic nitrogens is 4. The molecule has 1 aromatic heterocycles. The molecule has 0 N–H and O–H groups in total. The summed E-state index contributed by atoms with van der Waals surface area (Å²) < 4.78 is 0. The zero-order valence-electron chi connectivity index (χ0n) is 13.4. The normalized spacial score (nSPS) is 13.4. The lowest BCUT2D eigenvalue weighted by atomic mass is 10.1. The predicted octanol–water partition coefficient (Wildman–Crippen LogP) is 2.03. The molecule has 2 heterocycles. The first-order valence-corrected chi connectivity index (χ1v) is 8.02. The number of hydrogen-bond donors (Lipinski definition) is 0. The fourth-order valence-corrected chi connectivity index (χ4v) is 2.85. The maximum absolute atomic E-state index is 12.3. The summed E-state index contributed by atoms with van der Waals surface area (Å²) in [5, 5.41) is 12.4. The van der Waals surface area contributed by atoms with Crippen LogP contribution >= 0.6 is 0 Å². The molecule has 0 saturated carbocycles. The average Bonchev–Trinajstić information content (AvgIpc) is 3.22. The molecule has 0 unspecified atom stereocenters. The zero-order valence-corrected chi connectivity index (χ0v) is 13.4. The Kier molecular flexibility index (Phi) is 3.81. The number of tetrazole rings is 1. The Morgan fingerprint density at radius 3 is 2.12 bits per heavy atom. The third-order valence-corrected chi connectivity index (χ3v) is 4.10. The quantitative estimate of drug-likeness (QED) is 0.667. The Bertz CT molecular complexity index is 900. The summed E-state index contributed by atoms with van der Waals surface area (Å²) in [7, 11) is 0. The largest absolute Gasteiger partial charge is 0.274 e. The van der Waals surface area contributed by atoms with E-state index in [1.54, 1.807) is 24.3 Å². The van der Waals surface area contributed by atoms with Crippen molar-refractivity contribution in [2.24, 2.45) is 0 Å². The van der Waals surface area contributed by atoms with Gasteiger partial charge < -0.3 is 0 Å². The van der Waals surface area contributed by atoms with Crippen molar-refractivity contribution in [1.29, 1.82) is 0 Å². The van der Waals surface area contributed by atoms with Gasteiger partial charge in [0.1, 0.15) is 0 Å². The van der Waals surface area contributed by atoms with Gasteiger partial charge in [-0.3, -0.25) is 14.5 Å². The smallest absolute Gasteiger partial charge is 0.261 e. The van der Waals surface area contributed by atoms with E-state index in [1.807, 2.05) is 30.3 Å². The molecule has 25 heavy (non-hydrogen) atoms. The van der Waals surface area contributed by atoms with Crippen molar-refractivity contribution in [2.45, 2.75) is 13.0 Å². The summed E-state index contributed by atoms with van der Waals surface area (Å²) in [6.45, 7) is 0.807. The lowest BCUT2D eigenvalue weighted by Gasteiger charge is -2.12. The van der Waals surface area contributed by atoms with Gasteiger partial charge in [-0.15, -0.1) is 10.2 Å². The Balaban J connectivity index is 1.39. The second kappa shape index (κ2) is 6.27. The van der Waals surface area contributed by atoms with Gasteiger partial charge in [-0.1, -0.05) is 42.5 Å². The zero-order chi connectivity index (χ0) is 17.2. The molecular formula is C18H15N5O2. The molecule has 7 nitrogen and oxygen atoms in total. The molecule has 1 aliphatic rings. The molecule has 124 valence electrons. The number of rotatable bonds is 5. The van der Waals surface area contributed by atoms with Crippen molar-refractivity contribution in [3.63, 3.8) is 0 Å². The highest BCUT2D eigenvalue weighted by Gasteiger charge is 2.34. The van der Waals surface area contributed by atoms with Crippen LogP contribution in [0.2, 0.25) is 0 Å². The van der Waals surface area contributed by atoms with Gasteiger partial charge in [0.2, 0.25) is 5.82 Å². The molecule has 4 rings (SSSR count). The van der Waals surface area contributed by atoms with Crippen LogP contribution in [0.1, 0.15) is 27.1 Å². The van der Waals surface area contributed by atoms with Crippen LogP contribution in [0.25, 0.3) is 11.4 Å². The molecule has 0 aliphatic carbocycles. The first kappa shape index (κ1) is 15.2. The van der Waals surface area contributed by atoms with Crippen LogP contribution in [-0.2, 0) is 6.54 Å². The molecule has 0 bridgehead atoms. The predicted molar refractivity (Wildman–Crippen MR) is 89.7 cm³/mol. The molecule has 2 aromatic carbocycles. The van der Waals surface area contributed by atoms with Crippen molar-refractivity contribution in [3.8, 4) is 11.4 Å². The molecule has 7 heteroatoms. The minimum atomic E-state index is -0.239. The van der Waals surface area contributed by atoms with E-state index in [1.165, 1.54) is 9.70 Å². The topological polar surface area (TPSA) is 81.0 Å². The third-order valence-electron chi connectivity index (χ3n) is 4.10. The Labute approximate surface area is 143 Å². The molecule has 0 saturated heterocycles. The van der Waals surface area contributed by atoms with E-state index in [0.717, 1.165) is 5.56 Å². The van der Waals surface area contributed by atoms with Gasteiger partial charge in [0, 0.05) is 12.1 Å². The lowest BCUT2D eigenvalue weighted by molar-refractivity contribution is 0.0649. The number of fused-ring (bicyclic) bond motifs is 1. The van der Waals surface area contributed by atoms with E-state index < -0.39 is 0 Å². The number of nitrogens with zero attached hydrogens (tertiary/aromatic N) is 5. The number of amides is 2. The first-order valence-electron chi connectivity index (χ1n) is 8.02. The molecule has 0 fully saturated rings. The average molecular weight is 333 g/mol. The number of carbonyl (C=O) groups is 2. The summed E-state index contributed by atoms with van der Waals surface area (Å²) in [5.41, 5.74) is 1.84. The van der Waals surface area contributed by atoms with Gasteiger partial charge in [0.05, 0.1) is 17.7 Å². The van der Waals surface area contributed by atoms with Crippen LogP contribution < -0.4 is 0 Å². The molecule has 0 spiro atoms. The summed E-state index contributed by atoms with van der Waals surface area (Å²) in [4.78, 5) is 27.4.